The molecule has 2 fully saturated rings. The van der Waals surface area contributed by atoms with Gasteiger partial charge in [0.2, 0.25) is 10.0 Å². The minimum atomic E-state index is -3.76. The van der Waals surface area contributed by atoms with E-state index in [1.54, 1.807) is 24.3 Å². The molecule has 0 aliphatic heterocycles. The van der Waals surface area contributed by atoms with E-state index in [0.717, 1.165) is 19.3 Å². The average molecular weight is 470 g/mol. The van der Waals surface area contributed by atoms with Gasteiger partial charge < -0.3 is 5.32 Å². The molecule has 2 N–H and O–H groups in total. The van der Waals surface area contributed by atoms with Crippen molar-refractivity contribution in [2.24, 2.45) is 28.3 Å². The fourth-order valence-electron chi connectivity index (χ4n) is 6.10. The van der Waals surface area contributed by atoms with Gasteiger partial charge >= 0.3 is 0 Å². The van der Waals surface area contributed by atoms with E-state index in [2.05, 4.69) is 29.1 Å². The molecule has 0 aromatic heterocycles. The monoisotopic (exact) mass is 469 g/mol. The Morgan fingerprint density at radius 3 is 2.42 bits per heavy atom. The number of anilines is 1. The molecule has 8 heteroatoms. The van der Waals surface area contributed by atoms with E-state index in [1.807, 2.05) is 0 Å². The van der Waals surface area contributed by atoms with E-state index in [1.165, 1.54) is 37.1 Å². The van der Waals surface area contributed by atoms with Crippen molar-refractivity contribution < 1.29 is 13.2 Å². The summed E-state index contributed by atoms with van der Waals surface area (Å²) in [6, 6.07) is 12.2. The molecule has 2 atom stereocenters. The Balaban J connectivity index is 1.47. The number of nitrogens with zero attached hydrogens (tertiary/aromatic N) is 1. The predicted molar refractivity (Wildman–Crippen MR) is 129 cm³/mol. The predicted octanol–water partition coefficient (Wildman–Crippen LogP) is 5.47. The normalized spacial score (nSPS) is 27.0. The minimum Gasteiger partial charge on any atom is -0.322 e. The fourth-order valence-corrected chi connectivity index (χ4v) is 7.31. The number of sulfonamides is 1. The molecule has 2 bridgehead atoms. The Morgan fingerprint density at radius 2 is 1.73 bits per heavy atom. The first-order valence-electron chi connectivity index (χ1n) is 11.5. The third kappa shape index (κ3) is 5.50. The number of amides is 1. The number of fused-ring (bicyclic) bond motifs is 2. The van der Waals surface area contributed by atoms with Crippen molar-refractivity contribution in [2.45, 2.75) is 50.8 Å². The number of carbonyl (C=O) groups excluding carboxylic acids is 1. The Hall–Kier alpha value is -2.58. The first-order valence-corrected chi connectivity index (χ1v) is 13.0. The summed E-state index contributed by atoms with van der Waals surface area (Å²) in [5.74, 6) is 1.45. The first-order chi connectivity index (χ1) is 15.7. The Bertz CT molecular complexity index is 1130. The lowest BCUT2D eigenvalue weighted by Crippen LogP contribution is -2.46. The maximum Gasteiger partial charge on any atom is 0.255 e. The quantitative estimate of drug-likeness (QED) is 0.525. The van der Waals surface area contributed by atoms with Crippen molar-refractivity contribution >= 4 is 27.3 Å². The highest BCUT2D eigenvalue weighted by Crippen LogP contribution is 2.52. The molecular weight excluding hydrogens is 438 g/mol. The first kappa shape index (κ1) is 23.6. The third-order valence-corrected chi connectivity index (χ3v) is 8.41. The van der Waals surface area contributed by atoms with E-state index in [-0.39, 0.29) is 21.6 Å². The smallest absolute Gasteiger partial charge is 0.255 e. The molecule has 2 aromatic carbocycles. The molecule has 2 unspecified atom stereocenters. The van der Waals surface area contributed by atoms with Crippen LogP contribution in [-0.2, 0) is 10.0 Å². The summed E-state index contributed by atoms with van der Waals surface area (Å²) in [5, 5.41) is 5.54. The van der Waals surface area contributed by atoms with Gasteiger partial charge in [0.1, 0.15) is 5.69 Å². The van der Waals surface area contributed by atoms with Crippen LogP contribution in [0.2, 0.25) is 0 Å². The van der Waals surface area contributed by atoms with Gasteiger partial charge in [-0.2, -0.15) is 0 Å². The van der Waals surface area contributed by atoms with Gasteiger partial charge in [-0.1, -0.05) is 26.0 Å². The highest BCUT2D eigenvalue weighted by atomic mass is 32.2. The molecular formula is C25H31N3O4S. The lowest BCUT2D eigenvalue weighted by molar-refractivity contribution is 0.0224. The number of rotatable bonds is 7. The molecule has 0 spiro atoms. The lowest BCUT2D eigenvalue weighted by Gasteiger charge is -2.50. The fraction of sp³-hybridized carbons (Fsp3) is 0.480. The van der Waals surface area contributed by atoms with Gasteiger partial charge in [0, 0.05) is 17.8 Å². The van der Waals surface area contributed by atoms with Gasteiger partial charge in [-0.15, -0.1) is 4.91 Å². The zero-order chi connectivity index (χ0) is 23.6. The summed E-state index contributed by atoms with van der Waals surface area (Å²) in [7, 11) is -3.76. The van der Waals surface area contributed by atoms with Crippen LogP contribution in [0, 0.1) is 28.1 Å². The van der Waals surface area contributed by atoms with Gasteiger partial charge in [0.05, 0.1) is 4.90 Å². The molecule has 2 aliphatic rings. The molecule has 0 heterocycles. The molecule has 2 saturated carbocycles. The van der Waals surface area contributed by atoms with Crippen LogP contribution >= 0.6 is 0 Å². The number of nitroso groups, excluding NO2 is 1. The summed E-state index contributed by atoms with van der Waals surface area (Å²) in [5.41, 5.74) is 0.844. The molecule has 0 radical (unpaired) electrons. The summed E-state index contributed by atoms with van der Waals surface area (Å²) < 4.78 is 29.1. The lowest BCUT2D eigenvalue weighted by atomic mass is 9.57. The van der Waals surface area contributed by atoms with Crippen LogP contribution in [0.4, 0.5) is 11.4 Å². The van der Waals surface area contributed by atoms with Crippen molar-refractivity contribution in [3.63, 3.8) is 0 Å². The number of carbonyl (C=O) groups is 1. The summed E-state index contributed by atoms with van der Waals surface area (Å²) in [4.78, 5) is 23.5. The molecule has 33 heavy (non-hydrogen) atoms. The van der Waals surface area contributed by atoms with Crippen molar-refractivity contribution in [2.75, 3.05) is 11.9 Å². The van der Waals surface area contributed by atoms with Gasteiger partial charge in [0.25, 0.3) is 5.91 Å². The van der Waals surface area contributed by atoms with Gasteiger partial charge in [0.15, 0.2) is 0 Å². The highest BCUT2D eigenvalue weighted by molar-refractivity contribution is 7.89. The maximum atomic E-state index is 13.1. The summed E-state index contributed by atoms with van der Waals surface area (Å²) >= 11 is 0. The molecule has 176 valence electrons. The summed E-state index contributed by atoms with van der Waals surface area (Å²) in [6.07, 6.45) is 5.66. The molecule has 2 aromatic rings. The molecule has 2 aliphatic carbocycles. The Kier molecular flexibility index (Phi) is 6.68. The summed E-state index contributed by atoms with van der Waals surface area (Å²) in [6.45, 7) is 4.98. The second-order valence-corrected chi connectivity index (χ2v) is 11.9. The van der Waals surface area contributed by atoms with Crippen LogP contribution in [0.1, 0.15) is 56.3 Å². The maximum absolute atomic E-state index is 13.1. The Labute approximate surface area is 195 Å². The van der Waals surface area contributed by atoms with Crippen molar-refractivity contribution in [3.8, 4) is 0 Å². The number of benzene rings is 2. The number of hydrogen-bond donors (Lipinski definition) is 2. The van der Waals surface area contributed by atoms with Crippen LogP contribution in [0.15, 0.2) is 58.6 Å². The van der Waals surface area contributed by atoms with E-state index < -0.39 is 15.9 Å². The van der Waals surface area contributed by atoms with E-state index >= 15 is 0 Å². The van der Waals surface area contributed by atoms with Gasteiger partial charge in [-0.05, 0) is 96.8 Å². The van der Waals surface area contributed by atoms with Crippen LogP contribution in [0.25, 0.3) is 0 Å². The SMILES string of the molecule is CC1CC2CC(C)CC(CNS(=O)(=O)c3cccc(C(=O)Nc4cccc(N=O)c4)c3)(C1)C2. The second-order valence-electron chi connectivity index (χ2n) is 10.1. The molecule has 4 rings (SSSR count). The van der Waals surface area contributed by atoms with E-state index in [0.29, 0.717) is 30.0 Å². The van der Waals surface area contributed by atoms with Crippen molar-refractivity contribution in [1.82, 2.24) is 4.72 Å². The Morgan fingerprint density at radius 1 is 1.03 bits per heavy atom. The zero-order valence-electron chi connectivity index (χ0n) is 19.1. The molecule has 1 amide bonds. The van der Waals surface area contributed by atoms with Crippen LogP contribution in [0.3, 0.4) is 0 Å². The standard InChI is InChI=1S/C25H31N3O4S/c1-17-9-19-10-18(2)14-25(13-17,15-19)16-26-33(31,32)23-8-3-5-20(11-23)24(29)27-21-6-4-7-22(12-21)28-30/h3-8,11-12,17-19,26H,9-10,13-16H2,1-2H3,(H,27,29). The van der Waals surface area contributed by atoms with Gasteiger partial charge in [-0.3, -0.25) is 4.79 Å². The largest absolute Gasteiger partial charge is 0.322 e. The van der Waals surface area contributed by atoms with Crippen molar-refractivity contribution in [1.29, 1.82) is 0 Å². The average Bonchev–Trinajstić information content (AvgIpc) is 2.77. The van der Waals surface area contributed by atoms with Crippen LogP contribution in [-0.4, -0.2) is 20.9 Å². The minimum absolute atomic E-state index is 0.0136. The second kappa shape index (κ2) is 9.35. The topological polar surface area (TPSA) is 105 Å². The van der Waals surface area contributed by atoms with Crippen LogP contribution < -0.4 is 10.0 Å². The van der Waals surface area contributed by atoms with E-state index in [9.17, 15) is 18.1 Å². The number of nitrogens with one attached hydrogen (secondary N) is 2. The van der Waals surface area contributed by atoms with Gasteiger partial charge in [-0.25, -0.2) is 13.1 Å². The number of hydrogen-bond acceptors (Lipinski definition) is 5. The highest BCUT2D eigenvalue weighted by Gasteiger charge is 2.44. The van der Waals surface area contributed by atoms with E-state index in [4.69, 9.17) is 0 Å². The zero-order valence-corrected chi connectivity index (χ0v) is 19.9. The van der Waals surface area contributed by atoms with Crippen LogP contribution in [0.5, 0.6) is 0 Å². The van der Waals surface area contributed by atoms with Crippen molar-refractivity contribution in [3.05, 3.63) is 59.0 Å². The molecule has 7 nitrogen and oxygen atoms in total. The molecule has 0 saturated heterocycles. The third-order valence-electron chi connectivity index (χ3n) is 7.01.